The van der Waals surface area contributed by atoms with E-state index in [2.05, 4.69) is 148 Å². The number of aliphatic hydroxyl groups is 1. The van der Waals surface area contributed by atoms with Crippen LogP contribution in [0.5, 0.6) is 69.0 Å². The molecule has 2 radical (unpaired) electrons. The molecule has 0 fully saturated rings. The largest absolute Gasteiger partial charge is 0.543 e. The summed E-state index contributed by atoms with van der Waals surface area (Å²) in [5, 5.41) is 61.4. The predicted octanol–water partition coefficient (Wildman–Crippen LogP) is 14.2. The van der Waals surface area contributed by atoms with Crippen molar-refractivity contribution in [1.82, 2.24) is 0 Å². The monoisotopic (exact) mass is 1440 g/mol. The van der Waals surface area contributed by atoms with Gasteiger partial charge < -0.3 is 62.6 Å². The number of hydrogen-bond donors (Lipinski definition) is 5. The van der Waals surface area contributed by atoms with E-state index in [1.165, 1.54) is 23.3 Å². The van der Waals surface area contributed by atoms with Gasteiger partial charge in [-0.3, -0.25) is 0 Å². The topological polar surface area (TPSA) is 175 Å². The summed E-state index contributed by atoms with van der Waals surface area (Å²) in [7, 11) is 16.1. The van der Waals surface area contributed by atoms with Gasteiger partial charge in [0.1, 0.15) is 66.8 Å². The minimum absolute atomic E-state index is 0. The summed E-state index contributed by atoms with van der Waals surface area (Å²) in [5.74, 6) is -2.37. The summed E-state index contributed by atoms with van der Waals surface area (Å²) in [5.41, 5.74) is 13.2. The van der Waals surface area contributed by atoms with Crippen molar-refractivity contribution in [2.45, 2.75) is 117 Å². The quantitative estimate of drug-likeness (QED) is 0.0358. The fraction of sp³-hybridized carbons (Fsp3) is 0.304. The minimum Gasteiger partial charge on any atom is -0.543 e. The Hall–Kier alpha value is -5.52. The standard InChI is InChI=1S/C69H69BO13P4.2Mo/c1-29-10-14-38(22-33(29)5)63-35(7)24-45-31(3)12-18-43(67(45)77-63)53-36(8)64(39-15-11-30(2)34(6)23-39)78-68-44(19-13-32(4)52(53)68)54-37(9)65(40-16-20-46(71)47(72)25-40)79-69-58(54)60(73)57(61(74)59(69)70)56-55-50(27-42(80-84)28-51(55)83-87)76-66(62(56)75)41-17-21-48(81-85)49(26-41)82-86;;/h10-17,20-23,25-28,35-37,53-54,56,62-66,71-75H,24,84-87H2,1-9H3;;/q-2;;. The number of aliphatic hydroxyl groups excluding tert-OH is 1. The van der Waals surface area contributed by atoms with E-state index in [0.29, 0.717) is 39.7 Å². The number of aryl methyl sites for hydroxylation is 6. The summed E-state index contributed by atoms with van der Waals surface area (Å²) in [6.07, 6.45) is -3.67. The van der Waals surface area contributed by atoms with Crippen molar-refractivity contribution in [2.75, 3.05) is 0 Å². The van der Waals surface area contributed by atoms with E-state index >= 15 is 0 Å². The second-order valence-electron chi connectivity index (χ2n) is 24.0. The second-order valence-corrected chi connectivity index (χ2v) is 25.0. The molecular formula is C69H69BMo2O13P4-2. The molecule has 15 unspecified atom stereocenters. The molecule has 460 valence electrons. The molecule has 0 amide bonds. The van der Waals surface area contributed by atoms with Gasteiger partial charge in [-0.05, 0) is 120 Å². The van der Waals surface area contributed by atoms with Crippen molar-refractivity contribution in [2.24, 2.45) is 17.8 Å². The van der Waals surface area contributed by atoms with Gasteiger partial charge in [0.05, 0.1) is 43.8 Å². The number of benzene rings is 8. The zero-order valence-electron chi connectivity index (χ0n) is 50.5. The number of phenolic OH excluding ortho intramolecular Hbond substituents is 4. The van der Waals surface area contributed by atoms with E-state index in [9.17, 15) is 25.5 Å². The summed E-state index contributed by atoms with van der Waals surface area (Å²) in [6, 6.07) is 37.3. The van der Waals surface area contributed by atoms with E-state index in [4.69, 9.17) is 44.9 Å². The molecule has 13 nitrogen and oxygen atoms in total. The van der Waals surface area contributed by atoms with Crippen LogP contribution in [0.2, 0.25) is 0 Å². The van der Waals surface area contributed by atoms with Crippen molar-refractivity contribution in [3.63, 3.8) is 0 Å². The zero-order valence-corrected chi connectivity index (χ0v) is 59.1. The number of hydrogen-bond acceptors (Lipinski definition) is 13. The molecule has 8 aromatic rings. The van der Waals surface area contributed by atoms with Gasteiger partial charge >= 0.3 is 0 Å². The summed E-state index contributed by atoms with van der Waals surface area (Å²) < 4.78 is 51.4. The fourth-order valence-corrected chi connectivity index (χ4v) is 14.6. The average molecular weight is 1430 g/mol. The van der Waals surface area contributed by atoms with E-state index in [-0.39, 0.29) is 117 Å². The van der Waals surface area contributed by atoms with Crippen molar-refractivity contribution < 1.29 is 105 Å². The Morgan fingerprint density at radius 1 is 0.472 bits per heavy atom. The Labute approximate surface area is 559 Å². The summed E-state index contributed by atoms with van der Waals surface area (Å²) in [4.78, 5) is 0. The van der Waals surface area contributed by atoms with Gasteiger partial charge in [-0.15, -0.1) is 22.3 Å². The van der Waals surface area contributed by atoms with Crippen molar-refractivity contribution in [1.29, 1.82) is 0 Å². The number of fused-ring (bicyclic) bond motifs is 4. The molecule has 5 N–H and O–H groups in total. The van der Waals surface area contributed by atoms with Crippen molar-refractivity contribution in [3.8, 4) is 69.0 Å². The molecule has 0 aromatic heterocycles. The number of phenols is 4. The van der Waals surface area contributed by atoms with Crippen LogP contribution in [0.1, 0.15) is 158 Å². The maximum Gasteiger partial charge on any atom is 0.165 e. The Kier molecular flexibility index (Phi) is 19.6. The molecule has 4 aliphatic rings. The van der Waals surface area contributed by atoms with Crippen LogP contribution in [0.4, 0.5) is 0 Å². The second kappa shape index (κ2) is 26.2. The van der Waals surface area contributed by atoms with E-state index in [0.717, 1.165) is 62.2 Å². The number of ether oxygens (including phenoxy) is 4. The van der Waals surface area contributed by atoms with Crippen molar-refractivity contribution >= 4 is 51.2 Å². The molecule has 0 spiro atoms. The Balaban J connectivity index is 0.00000437. The van der Waals surface area contributed by atoms with Crippen LogP contribution in [0.3, 0.4) is 0 Å². The van der Waals surface area contributed by atoms with Crippen molar-refractivity contribution in [3.05, 3.63) is 204 Å². The van der Waals surface area contributed by atoms with Crippen LogP contribution >= 0.6 is 37.9 Å². The molecule has 0 saturated heterocycles. The molecule has 15 atom stereocenters. The van der Waals surface area contributed by atoms with Crippen LogP contribution < -0.4 is 42.5 Å². The molecule has 0 bridgehead atoms. The molecule has 4 heterocycles. The van der Waals surface area contributed by atoms with Crippen LogP contribution in [0.15, 0.2) is 97.1 Å². The maximum absolute atomic E-state index is 13.7. The van der Waals surface area contributed by atoms with Gasteiger partial charge in [0.15, 0.2) is 29.1 Å². The summed E-state index contributed by atoms with van der Waals surface area (Å²) >= 11 is 0. The molecule has 4 aliphatic heterocycles. The third kappa shape index (κ3) is 11.4. The fourth-order valence-electron chi connectivity index (χ4n) is 13.9. The van der Waals surface area contributed by atoms with E-state index < -0.39 is 53.7 Å². The Bertz CT molecular complexity index is 4080. The van der Waals surface area contributed by atoms with Crippen LogP contribution in [-0.4, -0.2) is 39.5 Å². The van der Waals surface area contributed by atoms with Gasteiger partial charge in [0.25, 0.3) is 0 Å². The molecule has 0 saturated carbocycles. The van der Waals surface area contributed by atoms with Gasteiger partial charge in [-0.25, -0.2) is 0 Å². The first-order valence-corrected chi connectivity index (χ1v) is 30.8. The Morgan fingerprint density at radius 2 is 1.01 bits per heavy atom. The van der Waals surface area contributed by atoms with Gasteiger partial charge in [-0.2, -0.15) is 35.4 Å². The zero-order chi connectivity index (χ0) is 61.8. The smallest absolute Gasteiger partial charge is 0.165 e. The first-order chi connectivity index (χ1) is 41.7. The summed E-state index contributed by atoms with van der Waals surface area (Å²) in [6.45, 7) is 19.1. The van der Waals surface area contributed by atoms with Crippen LogP contribution in [0.25, 0.3) is 0 Å². The van der Waals surface area contributed by atoms with Gasteiger partial charge in [0.2, 0.25) is 0 Å². The molecule has 8 aromatic carbocycles. The van der Waals surface area contributed by atoms with Crippen LogP contribution in [-0.2, 0) is 48.6 Å². The molecule has 20 heteroatoms. The molecule has 0 aliphatic carbocycles. The maximum atomic E-state index is 13.7. The average Bonchev–Trinajstić information content (AvgIpc) is 0.810. The van der Waals surface area contributed by atoms with E-state index in [1.807, 2.05) is 13.0 Å². The Morgan fingerprint density at radius 3 is 1.62 bits per heavy atom. The minimum atomic E-state index is -1.57. The van der Waals surface area contributed by atoms with Gasteiger partial charge in [0, 0.05) is 100 Å². The number of aromatic hydroxyl groups is 4. The first-order valence-electron chi connectivity index (χ1n) is 28.9. The predicted molar refractivity (Wildman–Crippen MR) is 347 cm³/mol. The molecule has 12 rings (SSSR count). The van der Waals surface area contributed by atoms with Crippen LogP contribution in [0, 0.1) is 71.4 Å². The van der Waals surface area contributed by atoms with E-state index in [1.54, 1.807) is 36.4 Å². The molecular weight excluding hydrogens is 1360 g/mol. The normalized spacial score (nSPS) is 23.0. The number of rotatable bonds is 11. The SMILES string of the molecule is [B]c1c(O)c(C2c3c(OP)cc(OP)cc3OC(c3ccc(OP)c(OP)c3)C2O)c(O)c2c1OC(c1ccc(O)c(O)c1)C(C)C2c1[c-]cc(C)c2c1OC(c1ccc(C)c(C)c1)C(C)C2c1[c-]cc(C)c2c1OC(c1ccc(C)c(C)c1)C(C)C2.[Mo].[Mo]. The first kappa shape index (κ1) is 66.4. The third-order valence-corrected chi connectivity index (χ3v) is 19.8. The molecule has 89 heavy (non-hydrogen) atoms. The third-order valence-electron chi connectivity index (χ3n) is 18.8. The van der Waals surface area contributed by atoms with Gasteiger partial charge in [-0.1, -0.05) is 83.1 Å².